The summed E-state index contributed by atoms with van der Waals surface area (Å²) in [5.74, 6) is -0.188. The maximum Gasteiger partial charge on any atom is 0.226 e. The summed E-state index contributed by atoms with van der Waals surface area (Å²) >= 11 is 0. The van der Waals surface area contributed by atoms with Gasteiger partial charge >= 0.3 is 0 Å². The fourth-order valence-corrected chi connectivity index (χ4v) is 2.98. The predicted molar refractivity (Wildman–Crippen MR) is 77.7 cm³/mol. The van der Waals surface area contributed by atoms with Crippen molar-refractivity contribution in [3.8, 4) is 0 Å². The largest absolute Gasteiger partial charge is 0.351 e. The van der Waals surface area contributed by atoms with Crippen LogP contribution in [0.2, 0.25) is 0 Å². The van der Waals surface area contributed by atoms with E-state index in [1.807, 2.05) is 0 Å². The van der Waals surface area contributed by atoms with Gasteiger partial charge in [0, 0.05) is 12.1 Å². The summed E-state index contributed by atoms with van der Waals surface area (Å²) in [5, 5.41) is 6.22. The van der Waals surface area contributed by atoms with Crippen LogP contribution in [-0.2, 0) is 11.3 Å². The lowest BCUT2D eigenvalue weighted by atomic mass is 9.74. The van der Waals surface area contributed by atoms with Gasteiger partial charge in [-0.1, -0.05) is 31.5 Å². The molecule has 1 aromatic carbocycles. The molecule has 1 saturated heterocycles. The van der Waals surface area contributed by atoms with Crippen LogP contribution in [0, 0.1) is 11.2 Å². The Bertz CT molecular complexity index is 450. The van der Waals surface area contributed by atoms with Gasteiger partial charge in [-0.15, -0.1) is 0 Å². The van der Waals surface area contributed by atoms with Crippen molar-refractivity contribution >= 4 is 5.91 Å². The third kappa shape index (κ3) is 3.37. The van der Waals surface area contributed by atoms with Crippen molar-refractivity contribution in [2.24, 2.45) is 5.41 Å². The van der Waals surface area contributed by atoms with Crippen molar-refractivity contribution < 1.29 is 9.18 Å². The number of halogens is 1. The summed E-state index contributed by atoms with van der Waals surface area (Å²) in [6, 6.07) is 6.58. The highest BCUT2D eigenvalue weighted by Crippen LogP contribution is 2.34. The number of amides is 1. The lowest BCUT2D eigenvalue weighted by Gasteiger charge is -2.36. The van der Waals surface area contributed by atoms with E-state index >= 15 is 0 Å². The summed E-state index contributed by atoms with van der Waals surface area (Å²) in [6.45, 7) is 4.14. The predicted octanol–water partition coefficient (Wildman–Crippen LogP) is 2.61. The molecule has 0 atom stereocenters. The zero-order valence-electron chi connectivity index (χ0n) is 12.0. The maximum absolute atomic E-state index is 13.6. The van der Waals surface area contributed by atoms with E-state index in [1.54, 1.807) is 18.2 Å². The van der Waals surface area contributed by atoms with Gasteiger partial charge in [0.15, 0.2) is 0 Å². The highest BCUT2D eigenvalue weighted by molar-refractivity contribution is 5.82. The number of benzene rings is 1. The summed E-state index contributed by atoms with van der Waals surface area (Å²) in [7, 11) is 0. The quantitative estimate of drug-likeness (QED) is 0.869. The van der Waals surface area contributed by atoms with Gasteiger partial charge in [0.2, 0.25) is 5.91 Å². The minimum atomic E-state index is -0.273. The molecule has 0 aliphatic carbocycles. The molecular formula is C16H23FN2O. The number of rotatable bonds is 5. The van der Waals surface area contributed by atoms with Crippen LogP contribution in [-0.4, -0.2) is 19.0 Å². The zero-order valence-corrected chi connectivity index (χ0v) is 12.0. The van der Waals surface area contributed by atoms with Gasteiger partial charge in [-0.3, -0.25) is 4.79 Å². The van der Waals surface area contributed by atoms with Crippen molar-refractivity contribution in [2.75, 3.05) is 13.1 Å². The zero-order chi connectivity index (χ0) is 14.4. The molecule has 1 aliphatic heterocycles. The number of piperidine rings is 1. The Labute approximate surface area is 120 Å². The molecular weight excluding hydrogens is 255 g/mol. The lowest BCUT2D eigenvalue weighted by Crippen LogP contribution is -2.47. The highest BCUT2D eigenvalue weighted by atomic mass is 19.1. The van der Waals surface area contributed by atoms with E-state index in [-0.39, 0.29) is 23.7 Å². The van der Waals surface area contributed by atoms with Crippen LogP contribution in [0.1, 0.15) is 38.2 Å². The Morgan fingerprint density at radius 3 is 2.70 bits per heavy atom. The number of hydrogen-bond acceptors (Lipinski definition) is 2. The van der Waals surface area contributed by atoms with E-state index in [9.17, 15) is 9.18 Å². The molecule has 0 unspecified atom stereocenters. The third-order valence-electron chi connectivity index (χ3n) is 4.17. The van der Waals surface area contributed by atoms with Gasteiger partial charge in [0.1, 0.15) is 5.82 Å². The average Bonchev–Trinajstić information content (AvgIpc) is 2.47. The molecule has 1 heterocycles. The number of carbonyl (C=O) groups excluding carboxylic acids is 1. The second kappa shape index (κ2) is 6.84. The molecule has 0 aromatic heterocycles. The van der Waals surface area contributed by atoms with Crippen LogP contribution in [0.4, 0.5) is 4.39 Å². The lowest BCUT2D eigenvalue weighted by molar-refractivity contribution is -0.133. The van der Waals surface area contributed by atoms with Crippen LogP contribution >= 0.6 is 0 Å². The van der Waals surface area contributed by atoms with E-state index < -0.39 is 0 Å². The van der Waals surface area contributed by atoms with Gasteiger partial charge < -0.3 is 10.6 Å². The minimum Gasteiger partial charge on any atom is -0.351 e. The van der Waals surface area contributed by atoms with E-state index in [1.165, 1.54) is 6.07 Å². The highest BCUT2D eigenvalue weighted by Gasteiger charge is 2.38. The van der Waals surface area contributed by atoms with Crippen molar-refractivity contribution in [1.29, 1.82) is 0 Å². The van der Waals surface area contributed by atoms with Crippen LogP contribution in [0.5, 0.6) is 0 Å². The Morgan fingerprint density at radius 2 is 2.05 bits per heavy atom. The first-order valence-corrected chi connectivity index (χ1v) is 7.40. The smallest absolute Gasteiger partial charge is 0.226 e. The van der Waals surface area contributed by atoms with Crippen LogP contribution < -0.4 is 10.6 Å². The minimum absolute atomic E-state index is 0.0732. The molecule has 2 N–H and O–H groups in total. The second-order valence-corrected chi connectivity index (χ2v) is 5.55. The Balaban J connectivity index is 2.00. The number of hydrogen-bond donors (Lipinski definition) is 2. The van der Waals surface area contributed by atoms with E-state index in [2.05, 4.69) is 17.6 Å². The molecule has 110 valence electrons. The Morgan fingerprint density at radius 1 is 1.35 bits per heavy atom. The first-order valence-electron chi connectivity index (χ1n) is 7.40. The Kier molecular flexibility index (Phi) is 5.12. The van der Waals surface area contributed by atoms with Crippen molar-refractivity contribution in [3.63, 3.8) is 0 Å². The van der Waals surface area contributed by atoms with Crippen molar-refractivity contribution in [2.45, 2.75) is 39.2 Å². The average molecular weight is 278 g/mol. The van der Waals surface area contributed by atoms with Gasteiger partial charge in [-0.05, 0) is 38.4 Å². The van der Waals surface area contributed by atoms with Crippen LogP contribution in [0.25, 0.3) is 0 Å². The topological polar surface area (TPSA) is 41.1 Å². The molecule has 0 bridgehead atoms. The number of carbonyl (C=O) groups is 1. The fraction of sp³-hybridized carbons (Fsp3) is 0.562. The molecule has 1 fully saturated rings. The maximum atomic E-state index is 13.6. The summed E-state index contributed by atoms with van der Waals surface area (Å²) < 4.78 is 13.6. The summed E-state index contributed by atoms with van der Waals surface area (Å²) in [4.78, 5) is 12.5. The second-order valence-electron chi connectivity index (χ2n) is 5.55. The molecule has 3 nitrogen and oxygen atoms in total. The van der Waals surface area contributed by atoms with E-state index in [0.717, 1.165) is 38.8 Å². The van der Waals surface area contributed by atoms with Crippen LogP contribution in [0.3, 0.4) is 0 Å². The SMILES string of the molecule is CCCC1(C(=O)NCc2ccccc2F)CCNCC1. The molecule has 1 aliphatic rings. The normalized spacial score (nSPS) is 17.7. The molecule has 1 amide bonds. The molecule has 0 radical (unpaired) electrons. The van der Waals surface area contributed by atoms with Crippen LogP contribution in [0.15, 0.2) is 24.3 Å². The van der Waals surface area contributed by atoms with Gasteiger partial charge in [0.25, 0.3) is 0 Å². The molecule has 1 aromatic rings. The molecule has 0 spiro atoms. The monoisotopic (exact) mass is 278 g/mol. The molecule has 0 saturated carbocycles. The first kappa shape index (κ1) is 15.0. The Hall–Kier alpha value is -1.42. The summed E-state index contributed by atoms with van der Waals surface area (Å²) in [6.07, 6.45) is 3.62. The van der Waals surface area contributed by atoms with Gasteiger partial charge in [-0.2, -0.15) is 0 Å². The van der Waals surface area contributed by atoms with Crippen molar-refractivity contribution in [1.82, 2.24) is 10.6 Å². The standard InChI is InChI=1S/C16H23FN2O/c1-2-7-16(8-10-18-11-9-16)15(20)19-12-13-5-3-4-6-14(13)17/h3-6,18H,2,7-12H2,1H3,(H,19,20). The van der Waals surface area contributed by atoms with E-state index in [4.69, 9.17) is 0 Å². The summed E-state index contributed by atoms with van der Waals surface area (Å²) in [5.41, 5.74) is 0.270. The molecule has 2 rings (SSSR count). The van der Waals surface area contributed by atoms with Gasteiger partial charge in [0.05, 0.1) is 5.41 Å². The third-order valence-corrected chi connectivity index (χ3v) is 4.17. The molecule has 20 heavy (non-hydrogen) atoms. The van der Waals surface area contributed by atoms with E-state index in [0.29, 0.717) is 5.56 Å². The van der Waals surface area contributed by atoms with Crippen molar-refractivity contribution in [3.05, 3.63) is 35.6 Å². The number of nitrogens with one attached hydrogen (secondary N) is 2. The first-order chi connectivity index (χ1) is 9.68. The van der Waals surface area contributed by atoms with Gasteiger partial charge in [-0.25, -0.2) is 4.39 Å². The molecule has 4 heteroatoms. The fourth-order valence-electron chi connectivity index (χ4n) is 2.98.